The molecule has 0 radical (unpaired) electrons. The molecule has 118 valence electrons. The van der Waals surface area contributed by atoms with Crippen molar-refractivity contribution in [3.05, 3.63) is 11.4 Å². The molecule has 1 fully saturated rings. The number of likely N-dealkylation sites (N-methyl/N-ethyl adjacent to an activating group) is 1. The van der Waals surface area contributed by atoms with E-state index in [1.807, 2.05) is 0 Å². The number of carbonyl (C=O) groups is 1. The van der Waals surface area contributed by atoms with Crippen molar-refractivity contribution < 1.29 is 9.53 Å². The number of nitrogens with zero attached hydrogens (tertiary/aromatic N) is 5. The number of nitrogens with two attached hydrogens (primary N) is 1. The summed E-state index contributed by atoms with van der Waals surface area (Å²) in [5, 5.41) is 7.95. The topological polar surface area (TPSA) is 89.5 Å². The Labute approximate surface area is 124 Å². The molecule has 1 aliphatic heterocycles. The first-order valence-electron chi connectivity index (χ1n) is 7.36. The second kappa shape index (κ2) is 7.48. The number of rotatable bonds is 6. The van der Waals surface area contributed by atoms with E-state index in [-0.39, 0.29) is 12.2 Å². The lowest BCUT2D eigenvalue weighted by Crippen LogP contribution is -2.45. The summed E-state index contributed by atoms with van der Waals surface area (Å²) in [7, 11) is 2.13. The summed E-state index contributed by atoms with van der Waals surface area (Å²) in [6, 6.07) is 0. The van der Waals surface area contributed by atoms with Gasteiger partial charge in [-0.15, -0.1) is 5.10 Å². The van der Waals surface area contributed by atoms with Crippen molar-refractivity contribution in [3.8, 4) is 0 Å². The molecule has 0 aliphatic carbocycles. The van der Waals surface area contributed by atoms with E-state index in [1.165, 1.54) is 0 Å². The van der Waals surface area contributed by atoms with Crippen LogP contribution in [0, 0.1) is 0 Å². The number of aromatic nitrogens is 3. The molecule has 0 aromatic carbocycles. The van der Waals surface area contributed by atoms with Gasteiger partial charge in [-0.1, -0.05) is 5.21 Å². The minimum absolute atomic E-state index is 0.226. The fourth-order valence-electron chi connectivity index (χ4n) is 2.38. The van der Waals surface area contributed by atoms with Gasteiger partial charge in [0.15, 0.2) is 5.69 Å². The highest BCUT2D eigenvalue weighted by molar-refractivity contribution is 5.88. The van der Waals surface area contributed by atoms with Gasteiger partial charge in [-0.2, -0.15) is 0 Å². The summed E-state index contributed by atoms with van der Waals surface area (Å²) < 4.78 is 6.68. The fraction of sp³-hybridized carbons (Fsp3) is 0.769. The van der Waals surface area contributed by atoms with Crippen molar-refractivity contribution in [2.45, 2.75) is 20.0 Å². The van der Waals surface area contributed by atoms with E-state index in [4.69, 9.17) is 10.5 Å². The standard InChI is InChI=1S/C13H24N6O2/c1-3-21-13(20)12-11(10-14)19(16-15-12)9-8-18-6-4-17(2)5-7-18/h3-10,14H2,1-2H3. The molecule has 1 saturated heterocycles. The number of ether oxygens (including phenoxy) is 1. The smallest absolute Gasteiger partial charge is 0.360 e. The predicted octanol–water partition coefficient (Wildman–Crippen LogP) is -0.839. The summed E-state index contributed by atoms with van der Waals surface area (Å²) in [5.41, 5.74) is 6.60. The minimum atomic E-state index is -0.455. The van der Waals surface area contributed by atoms with Crippen molar-refractivity contribution >= 4 is 5.97 Å². The van der Waals surface area contributed by atoms with E-state index in [2.05, 4.69) is 27.2 Å². The van der Waals surface area contributed by atoms with Gasteiger partial charge in [0, 0.05) is 39.3 Å². The predicted molar refractivity (Wildman–Crippen MR) is 77.8 cm³/mol. The van der Waals surface area contributed by atoms with Crippen LogP contribution in [0.1, 0.15) is 23.1 Å². The van der Waals surface area contributed by atoms with Gasteiger partial charge < -0.3 is 15.4 Å². The fourth-order valence-corrected chi connectivity index (χ4v) is 2.38. The zero-order valence-electron chi connectivity index (χ0n) is 12.8. The summed E-state index contributed by atoms with van der Waals surface area (Å²) in [6.07, 6.45) is 0. The van der Waals surface area contributed by atoms with Crippen LogP contribution >= 0.6 is 0 Å². The third kappa shape index (κ3) is 3.99. The molecule has 2 N–H and O–H groups in total. The molecule has 2 heterocycles. The zero-order chi connectivity index (χ0) is 15.2. The summed E-state index contributed by atoms with van der Waals surface area (Å²) in [6.45, 7) is 8.12. The molecule has 0 unspecified atom stereocenters. The molecular weight excluding hydrogens is 272 g/mol. The van der Waals surface area contributed by atoms with Gasteiger partial charge in [0.1, 0.15) is 0 Å². The third-order valence-electron chi connectivity index (χ3n) is 3.72. The van der Waals surface area contributed by atoms with E-state index < -0.39 is 5.97 Å². The number of hydrogen-bond acceptors (Lipinski definition) is 7. The van der Waals surface area contributed by atoms with Gasteiger partial charge in [0.05, 0.1) is 18.8 Å². The Bertz CT molecular complexity index is 467. The average Bonchev–Trinajstić information content (AvgIpc) is 2.90. The first-order valence-corrected chi connectivity index (χ1v) is 7.36. The Kier molecular flexibility index (Phi) is 5.66. The van der Waals surface area contributed by atoms with Crippen LogP contribution in [0.25, 0.3) is 0 Å². The molecule has 2 rings (SSSR count). The van der Waals surface area contributed by atoms with Crippen molar-refractivity contribution in [3.63, 3.8) is 0 Å². The van der Waals surface area contributed by atoms with Crippen LogP contribution in [0.3, 0.4) is 0 Å². The van der Waals surface area contributed by atoms with Gasteiger partial charge in [0.25, 0.3) is 0 Å². The Balaban J connectivity index is 1.95. The monoisotopic (exact) mass is 296 g/mol. The van der Waals surface area contributed by atoms with E-state index in [1.54, 1.807) is 11.6 Å². The normalized spacial score (nSPS) is 17.1. The Hall–Kier alpha value is -1.51. The molecule has 8 nitrogen and oxygen atoms in total. The minimum Gasteiger partial charge on any atom is -0.461 e. The Morgan fingerprint density at radius 3 is 2.62 bits per heavy atom. The highest BCUT2D eigenvalue weighted by Crippen LogP contribution is 2.07. The second-order valence-corrected chi connectivity index (χ2v) is 5.18. The first kappa shape index (κ1) is 15.9. The van der Waals surface area contributed by atoms with Crippen molar-refractivity contribution in [2.24, 2.45) is 5.73 Å². The van der Waals surface area contributed by atoms with Crippen molar-refractivity contribution in [2.75, 3.05) is 46.4 Å². The summed E-state index contributed by atoms with van der Waals surface area (Å²) in [5.74, 6) is -0.455. The van der Waals surface area contributed by atoms with Gasteiger partial charge in [-0.3, -0.25) is 4.90 Å². The third-order valence-corrected chi connectivity index (χ3v) is 3.72. The van der Waals surface area contributed by atoms with Crippen LogP contribution in [0.5, 0.6) is 0 Å². The molecular formula is C13H24N6O2. The SMILES string of the molecule is CCOC(=O)c1nnn(CCN2CCN(C)CC2)c1CN. The molecule has 1 aromatic heterocycles. The van der Waals surface area contributed by atoms with Crippen molar-refractivity contribution in [1.29, 1.82) is 0 Å². The van der Waals surface area contributed by atoms with Crippen LogP contribution in [0.2, 0.25) is 0 Å². The Morgan fingerprint density at radius 1 is 1.29 bits per heavy atom. The second-order valence-electron chi connectivity index (χ2n) is 5.18. The number of esters is 1. The van der Waals surface area contributed by atoms with E-state index >= 15 is 0 Å². The van der Waals surface area contributed by atoms with E-state index in [0.717, 1.165) is 32.7 Å². The molecule has 0 spiro atoms. The zero-order valence-corrected chi connectivity index (χ0v) is 12.8. The molecule has 21 heavy (non-hydrogen) atoms. The molecule has 0 bridgehead atoms. The summed E-state index contributed by atoms with van der Waals surface area (Å²) in [4.78, 5) is 16.5. The van der Waals surface area contributed by atoms with Crippen LogP contribution < -0.4 is 5.73 Å². The number of hydrogen-bond donors (Lipinski definition) is 1. The van der Waals surface area contributed by atoms with Crippen LogP contribution in [-0.2, 0) is 17.8 Å². The quantitative estimate of drug-likeness (QED) is 0.685. The van der Waals surface area contributed by atoms with Crippen LogP contribution in [0.15, 0.2) is 0 Å². The molecule has 0 saturated carbocycles. The lowest BCUT2D eigenvalue weighted by molar-refractivity contribution is 0.0518. The highest BCUT2D eigenvalue weighted by atomic mass is 16.5. The van der Waals surface area contributed by atoms with Crippen LogP contribution in [0.4, 0.5) is 0 Å². The average molecular weight is 296 g/mol. The maximum atomic E-state index is 11.8. The summed E-state index contributed by atoms with van der Waals surface area (Å²) >= 11 is 0. The maximum absolute atomic E-state index is 11.8. The number of carbonyl (C=O) groups excluding carboxylic acids is 1. The van der Waals surface area contributed by atoms with Gasteiger partial charge in [0.2, 0.25) is 0 Å². The number of piperazine rings is 1. The molecule has 0 amide bonds. The van der Waals surface area contributed by atoms with E-state index in [0.29, 0.717) is 18.8 Å². The molecule has 1 aromatic rings. The molecule has 0 atom stereocenters. The maximum Gasteiger partial charge on any atom is 0.360 e. The van der Waals surface area contributed by atoms with Gasteiger partial charge in [-0.05, 0) is 14.0 Å². The highest BCUT2D eigenvalue weighted by Gasteiger charge is 2.20. The van der Waals surface area contributed by atoms with Gasteiger partial charge >= 0.3 is 5.97 Å². The lowest BCUT2D eigenvalue weighted by Gasteiger charge is -2.32. The molecule has 8 heteroatoms. The van der Waals surface area contributed by atoms with Crippen molar-refractivity contribution in [1.82, 2.24) is 24.8 Å². The first-order chi connectivity index (χ1) is 10.2. The lowest BCUT2D eigenvalue weighted by atomic mass is 10.3. The molecule has 1 aliphatic rings. The van der Waals surface area contributed by atoms with Gasteiger partial charge in [-0.25, -0.2) is 9.48 Å². The van der Waals surface area contributed by atoms with Crippen LogP contribution in [-0.4, -0.2) is 77.1 Å². The van der Waals surface area contributed by atoms with E-state index in [9.17, 15) is 4.79 Å². The Morgan fingerprint density at radius 2 is 2.00 bits per heavy atom. The largest absolute Gasteiger partial charge is 0.461 e.